The summed E-state index contributed by atoms with van der Waals surface area (Å²) in [5.41, 5.74) is 5.18. The van der Waals surface area contributed by atoms with Crippen LogP contribution in [-0.4, -0.2) is 17.6 Å². The van der Waals surface area contributed by atoms with Crippen molar-refractivity contribution in [3.63, 3.8) is 0 Å². The molecule has 0 aromatic heterocycles. The summed E-state index contributed by atoms with van der Waals surface area (Å²) in [5, 5.41) is 0. The Morgan fingerprint density at radius 3 is 2.38 bits per heavy atom. The number of hydrogen-bond acceptors (Lipinski definition) is 3. The van der Waals surface area contributed by atoms with Gasteiger partial charge in [0.05, 0.1) is 0 Å². The van der Waals surface area contributed by atoms with E-state index in [2.05, 4.69) is 0 Å². The van der Waals surface area contributed by atoms with Crippen molar-refractivity contribution in [2.45, 2.75) is 58.6 Å². The van der Waals surface area contributed by atoms with Crippen LogP contribution in [0.5, 0.6) is 0 Å². The third kappa shape index (κ3) is 9.34. The molecule has 1 unspecified atom stereocenters. The van der Waals surface area contributed by atoms with Gasteiger partial charge in [0, 0.05) is 12.5 Å². The number of nitrogens with two attached hydrogens (primary N) is 1. The second-order valence-electron chi connectivity index (χ2n) is 4.46. The van der Waals surface area contributed by atoms with Crippen LogP contribution in [0.25, 0.3) is 0 Å². The number of esters is 1. The average Bonchev–Trinajstić information content (AvgIpc) is 1.81. The van der Waals surface area contributed by atoms with Crippen LogP contribution < -0.4 is 5.73 Å². The second-order valence-corrected chi connectivity index (χ2v) is 4.46. The fourth-order valence-electron chi connectivity index (χ4n) is 0.961. The maximum atomic E-state index is 11.2. The van der Waals surface area contributed by atoms with Gasteiger partial charge in [0.25, 0.3) is 0 Å². The summed E-state index contributed by atoms with van der Waals surface area (Å²) in [6.45, 7) is 7.55. The normalized spacial score (nSPS) is 13.9. The van der Waals surface area contributed by atoms with Gasteiger partial charge in [0.2, 0.25) is 0 Å². The Balaban J connectivity index is 3.53. The molecule has 0 saturated carbocycles. The van der Waals surface area contributed by atoms with Crippen molar-refractivity contribution >= 4 is 5.97 Å². The molecule has 2 N–H and O–H groups in total. The fourth-order valence-corrected chi connectivity index (χ4v) is 0.961. The number of carbonyl (C=O) groups excluding carboxylic acids is 1. The minimum absolute atomic E-state index is 0.131. The summed E-state index contributed by atoms with van der Waals surface area (Å²) in [6, 6.07) is 0.169. The molecular weight excluding hydrogens is 166 g/mol. The first-order chi connectivity index (χ1) is 5.81. The smallest absolute Gasteiger partial charge is 0.306 e. The highest BCUT2D eigenvalue weighted by molar-refractivity contribution is 5.69. The first-order valence-corrected chi connectivity index (χ1v) is 4.78. The minimum atomic E-state index is -0.370. The molecule has 0 saturated heterocycles. The topological polar surface area (TPSA) is 52.3 Å². The van der Waals surface area contributed by atoms with Crippen LogP contribution in [0.2, 0.25) is 0 Å². The highest BCUT2D eigenvalue weighted by Gasteiger charge is 2.15. The third-order valence-electron chi connectivity index (χ3n) is 1.46. The van der Waals surface area contributed by atoms with E-state index in [4.69, 9.17) is 10.5 Å². The average molecular weight is 187 g/mol. The van der Waals surface area contributed by atoms with Gasteiger partial charge in [-0.2, -0.15) is 0 Å². The van der Waals surface area contributed by atoms with Crippen molar-refractivity contribution in [1.82, 2.24) is 0 Å². The van der Waals surface area contributed by atoms with E-state index in [1.165, 1.54) is 0 Å². The van der Waals surface area contributed by atoms with Gasteiger partial charge < -0.3 is 10.5 Å². The highest BCUT2D eigenvalue weighted by Crippen LogP contribution is 2.10. The summed E-state index contributed by atoms with van der Waals surface area (Å²) in [6.07, 6.45) is 2.16. The molecule has 78 valence electrons. The van der Waals surface area contributed by atoms with Gasteiger partial charge in [-0.25, -0.2) is 0 Å². The van der Waals surface area contributed by atoms with Crippen molar-refractivity contribution in [1.29, 1.82) is 0 Å². The monoisotopic (exact) mass is 187 g/mol. The van der Waals surface area contributed by atoms with Crippen LogP contribution in [0.3, 0.4) is 0 Å². The summed E-state index contributed by atoms with van der Waals surface area (Å²) in [7, 11) is 0. The van der Waals surface area contributed by atoms with Gasteiger partial charge in [0.15, 0.2) is 0 Å². The number of carbonyl (C=O) groups is 1. The number of hydrogen-bond donors (Lipinski definition) is 1. The largest absolute Gasteiger partial charge is 0.460 e. The second kappa shape index (κ2) is 5.22. The molecule has 3 nitrogen and oxygen atoms in total. The minimum Gasteiger partial charge on any atom is -0.460 e. The van der Waals surface area contributed by atoms with E-state index < -0.39 is 0 Å². The van der Waals surface area contributed by atoms with E-state index in [0.717, 1.165) is 12.8 Å². The van der Waals surface area contributed by atoms with E-state index >= 15 is 0 Å². The van der Waals surface area contributed by atoms with Gasteiger partial charge in [-0.15, -0.1) is 0 Å². The first-order valence-electron chi connectivity index (χ1n) is 4.78. The molecule has 13 heavy (non-hydrogen) atoms. The zero-order chi connectivity index (χ0) is 10.5. The summed E-state index contributed by atoms with van der Waals surface area (Å²) < 4.78 is 5.14. The van der Waals surface area contributed by atoms with E-state index in [9.17, 15) is 4.79 Å². The standard InChI is InChI=1S/C10H21NO2/c1-8(11)6-5-7-9(12)13-10(2,3)4/h8H,5-7,11H2,1-4H3. The molecule has 3 heteroatoms. The lowest BCUT2D eigenvalue weighted by molar-refractivity contribution is -0.154. The van der Waals surface area contributed by atoms with Crippen LogP contribution in [-0.2, 0) is 9.53 Å². The zero-order valence-electron chi connectivity index (χ0n) is 9.09. The molecule has 0 rings (SSSR count). The van der Waals surface area contributed by atoms with E-state index in [0.29, 0.717) is 6.42 Å². The Hall–Kier alpha value is -0.570. The van der Waals surface area contributed by atoms with Gasteiger partial charge in [-0.3, -0.25) is 4.79 Å². The Labute approximate surface area is 80.6 Å². The van der Waals surface area contributed by atoms with Crippen LogP contribution in [0.15, 0.2) is 0 Å². The number of rotatable bonds is 4. The molecule has 0 bridgehead atoms. The van der Waals surface area contributed by atoms with E-state index in [1.54, 1.807) is 0 Å². The summed E-state index contributed by atoms with van der Waals surface area (Å²) in [4.78, 5) is 11.2. The van der Waals surface area contributed by atoms with Gasteiger partial charge >= 0.3 is 5.97 Å². The third-order valence-corrected chi connectivity index (χ3v) is 1.46. The lowest BCUT2D eigenvalue weighted by atomic mass is 10.1. The Morgan fingerprint density at radius 2 is 2.00 bits per heavy atom. The molecule has 0 aliphatic rings. The van der Waals surface area contributed by atoms with Crippen molar-refractivity contribution < 1.29 is 9.53 Å². The van der Waals surface area contributed by atoms with Crippen molar-refractivity contribution in [2.75, 3.05) is 0 Å². The van der Waals surface area contributed by atoms with Crippen molar-refractivity contribution in [3.05, 3.63) is 0 Å². The lowest BCUT2D eigenvalue weighted by Gasteiger charge is -2.19. The van der Waals surface area contributed by atoms with Crippen LogP contribution >= 0.6 is 0 Å². The van der Waals surface area contributed by atoms with Gasteiger partial charge in [0.1, 0.15) is 5.60 Å². The fraction of sp³-hybridized carbons (Fsp3) is 0.900. The molecule has 0 aliphatic heterocycles. The molecule has 1 atom stereocenters. The first kappa shape index (κ1) is 12.4. The quantitative estimate of drug-likeness (QED) is 0.683. The molecule has 0 amide bonds. The molecule has 0 aliphatic carbocycles. The number of ether oxygens (including phenoxy) is 1. The Kier molecular flexibility index (Phi) is 4.99. The van der Waals surface area contributed by atoms with Crippen molar-refractivity contribution in [2.24, 2.45) is 5.73 Å². The lowest BCUT2D eigenvalue weighted by Crippen LogP contribution is -2.24. The molecule has 0 radical (unpaired) electrons. The van der Waals surface area contributed by atoms with Crippen LogP contribution in [0, 0.1) is 0 Å². The predicted octanol–water partition coefficient (Wildman–Crippen LogP) is 1.85. The molecule has 0 fully saturated rings. The van der Waals surface area contributed by atoms with Gasteiger partial charge in [-0.1, -0.05) is 0 Å². The maximum absolute atomic E-state index is 11.2. The Bertz CT molecular complexity index is 159. The van der Waals surface area contributed by atoms with E-state index in [-0.39, 0.29) is 17.6 Å². The maximum Gasteiger partial charge on any atom is 0.306 e. The molecule has 0 aromatic rings. The zero-order valence-corrected chi connectivity index (χ0v) is 9.09. The van der Waals surface area contributed by atoms with Crippen molar-refractivity contribution in [3.8, 4) is 0 Å². The summed E-state index contributed by atoms with van der Waals surface area (Å²) in [5.74, 6) is -0.131. The predicted molar refractivity (Wildman–Crippen MR) is 53.3 cm³/mol. The molecule has 0 aromatic carbocycles. The molecular formula is C10H21NO2. The SMILES string of the molecule is CC(N)CCCC(=O)OC(C)(C)C. The highest BCUT2D eigenvalue weighted by atomic mass is 16.6. The summed E-state index contributed by atoms with van der Waals surface area (Å²) >= 11 is 0. The van der Waals surface area contributed by atoms with E-state index in [1.807, 2.05) is 27.7 Å². The molecule has 0 heterocycles. The van der Waals surface area contributed by atoms with Gasteiger partial charge in [-0.05, 0) is 40.5 Å². The van der Waals surface area contributed by atoms with Crippen LogP contribution in [0.4, 0.5) is 0 Å². The Morgan fingerprint density at radius 1 is 1.46 bits per heavy atom. The van der Waals surface area contributed by atoms with Crippen LogP contribution in [0.1, 0.15) is 47.0 Å². The molecule has 0 spiro atoms.